The molecule has 0 spiro atoms. The molecule has 204 valence electrons. The fourth-order valence-electron chi connectivity index (χ4n) is 6.43. The molecule has 1 aliphatic heterocycles. The van der Waals surface area contributed by atoms with E-state index in [-0.39, 0.29) is 29.9 Å². The highest BCUT2D eigenvalue weighted by atomic mass is 19.1. The number of nitrogens with zero attached hydrogens (tertiary/aromatic N) is 2. The van der Waals surface area contributed by atoms with Crippen LogP contribution in [0.3, 0.4) is 0 Å². The highest BCUT2D eigenvalue weighted by Gasteiger charge is 2.40. The van der Waals surface area contributed by atoms with Crippen LogP contribution in [0.25, 0.3) is 0 Å². The molecule has 0 saturated heterocycles. The Morgan fingerprint density at radius 3 is 2.05 bits per heavy atom. The molecule has 4 aromatic rings. The van der Waals surface area contributed by atoms with Crippen LogP contribution in [0.15, 0.2) is 91.0 Å². The van der Waals surface area contributed by atoms with Crippen LogP contribution in [-0.4, -0.2) is 34.3 Å². The van der Waals surface area contributed by atoms with E-state index in [0.717, 1.165) is 11.1 Å². The third-order valence-electron chi connectivity index (χ3n) is 8.50. The standard InChI is InChI=1S/C34H31F3N2O/c1-22(38-18-17-23-9-4-6-13-28(23)33(38)32-30(36)15-8-16-31(32)37)34(40)39(21-26-12-5-7-14-29(26)35)27-19-24-10-2-3-11-25(24)20-27/h2-16,22,27,33H,17-21H2,1H3/t22-,33+/m0/s1. The quantitative estimate of drug-likeness (QED) is 0.274. The lowest BCUT2D eigenvalue weighted by atomic mass is 9.86. The van der Waals surface area contributed by atoms with Gasteiger partial charge in [-0.2, -0.15) is 0 Å². The maximum atomic E-state index is 15.3. The summed E-state index contributed by atoms with van der Waals surface area (Å²) in [4.78, 5) is 18.1. The molecule has 0 unspecified atom stereocenters. The number of rotatable bonds is 6. The van der Waals surface area contributed by atoms with Crippen LogP contribution in [0, 0.1) is 17.5 Å². The van der Waals surface area contributed by atoms with Gasteiger partial charge in [-0.1, -0.05) is 72.8 Å². The molecule has 0 aromatic heterocycles. The van der Waals surface area contributed by atoms with Gasteiger partial charge in [0.1, 0.15) is 17.5 Å². The van der Waals surface area contributed by atoms with Gasteiger partial charge in [0.05, 0.1) is 12.1 Å². The van der Waals surface area contributed by atoms with E-state index < -0.39 is 23.7 Å². The normalized spacial score (nSPS) is 17.8. The number of amides is 1. The van der Waals surface area contributed by atoms with Gasteiger partial charge in [-0.3, -0.25) is 9.69 Å². The monoisotopic (exact) mass is 540 g/mol. The Balaban J connectivity index is 1.38. The molecule has 0 radical (unpaired) electrons. The number of benzene rings is 4. The lowest BCUT2D eigenvalue weighted by molar-refractivity contribution is -0.140. The highest BCUT2D eigenvalue weighted by molar-refractivity contribution is 5.82. The van der Waals surface area contributed by atoms with Gasteiger partial charge in [-0.15, -0.1) is 0 Å². The fourth-order valence-corrected chi connectivity index (χ4v) is 6.43. The second-order valence-electron chi connectivity index (χ2n) is 10.8. The van der Waals surface area contributed by atoms with Crippen molar-refractivity contribution in [1.82, 2.24) is 9.80 Å². The Morgan fingerprint density at radius 1 is 0.800 bits per heavy atom. The lowest BCUT2D eigenvalue weighted by Gasteiger charge is -2.43. The minimum atomic E-state index is -0.763. The van der Waals surface area contributed by atoms with Gasteiger partial charge in [-0.05, 0) is 66.6 Å². The van der Waals surface area contributed by atoms with Crippen molar-refractivity contribution >= 4 is 5.91 Å². The zero-order valence-electron chi connectivity index (χ0n) is 22.4. The average molecular weight is 541 g/mol. The number of fused-ring (bicyclic) bond motifs is 2. The van der Waals surface area contributed by atoms with Crippen LogP contribution in [0.5, 0.6) is 0 Å². The van der Waals surface area contributed by atoms with Gasteiger partial charge in [0, 0.05) is 30.3 Å². The summed E-state index contributed by atoms with van der Waals surface area (Å²) in [6.07, 6.45) is 2.01. The first-order chi connectivity index (χ1) is 19.4. The number of halogens is 3. The van der Waals surface area contributed by atoms with Gasteiger partial charge in [0.15, 0.2) is 0 Å². The minimum absolute atomic E-state index is 0.0526. The van der Waals surface area contributed by atoms with E-state index in [2.05, 4.69) is 12.1 Å². The third-order valence-corrected chi connectivity index (χ3v) is 8.50. The molecular formula is C34H31F3N2O. The van der Waals surface area contributed by atoms with E-state index in [0.29, 0.717) is 31.4 Å². The number of carbonyl (C=O) groups excluding carboxylic acids is 1. The van der Waals surface area contributed by atoms with Crippen molar-refractivity contribution in [3.8, 4) is 0 Å². The Labute approximate surface area is 232 Å². The van der Waals surface area contributed by atoms with E-state index in [4.69, 9.17) is 0 Å². The van der Waals surface area contributed by atoms with Gasteiger partial charge in [0.2, 0.25) is 5.91 Å². The van der Waals surface area contributed by atoms with Gasteiger partial charge in [0.25, 0.3) is 0 Å². The predicted molar refractivity (Wildman–Crippen MR) is 149 cm³/mol. The third kappa shape index (κ3) is 4.81. The summed E-state index contributed by atoms with van der Waals surface area (Å²) in [6.45, 7) is 2.39. The zero-order chi connectivity index (χ0) is 27.8. The molecule has 2 atom stereocenters. The largest absolute Gasteiger partial charge is 0.333 e. The molecular weight excluding hydrogens is 509 g/mol. The van der Waals surface area contributed by atoms with Crippen LogP contribution in [0.2, 0.25) is 0 Å². The van der Waals surface area contributed by atoms with Crippen molar-refractivity contribution in [2.75, 3.05) is 6.54 Å². The molecule has 3 nitrogen and oxygen atoms in total. The van der Waals surface area contributed by atoms with E-state index in [1.165, 1.54) is 35.4 Å². The van der Waals surface area contributed by atoms with Crippen LogP contribution >= 0.6 is 0 Å². The van der Waals surface area contributed by atoms with Crippen LogP contribution in [0.1, 0.15) is 46.3 Å². The summed E-state index contributed by atoms with van der Waals surface area (Å²) in [5, 5.41) is 0. The smallest absolute Gasteiger partial charge is 0.240 e. The van der Waals surface area contributed by atoms with Crippen molar-refractivity contribution < 1.29 is 18.0 Å². The second-order valence-corrected chi connectivity index (χ2v) is 10.8. The van der Waals surface area contributed by atoms with Crippen LogP contribution in [-0.2, 0) is 30.6 Å². The Morgan fingerprint density at radius 2 is 1.38 bits per heavy atom. The SMILES string of the molecule is C[C@@H](C(=O)N(Cc1ccccc1F)C1Cc2ccccc2C1)N1CCc2ccccc2[C@@H]1c1c(F)cccc1F. The Hall–Kier alpha value is -3.90. The predicted octanol–water partition coefficient (Wildman–Crippen LogP) is 6.64. The van der Waals surface area contributed by atoms with Crippen molar-refractivity contribution in [1.29, 1.82) is 0 Å². The summed E-state index contributed by atoms with van der Waals surface area (Å²) in [5.74, 6) is -1.81. The summed E-state index contributed by atoms with van der Waals surface area (Å²) >= 11 is 0. The number of hydrogen-bond acceptors (Lipinski definition) is 2. The van der Waals surface area contributed by atoms with Crippen molar-refractivity contribution in [2.24, 2.45) is 0 Å². The molecule has 0 saturated carbocycles. The molecule has 1 aliphatic carbocycles. The highest BCUT2D eigenvalue weighted by Crippen LogP contribution is 2.39. The maximum Gasteiger partial charge on any atom is 0.240 e. The molecule has 6 rings (SSSR count). The molecule has 0 fully saturated rings. The second kappa shape index (κ2) is 10.9. The topological polar surface area (TPSA) is 23.6 Å². The molecule has 1 heterocycles. The van der Waals surface area contributed by atoms with E-state index >= 15 is 8.78 Å². The lowest BCUT2D eigenvalue weighted by Crippen LogP contribution is -2.53. The maximum absolute atomic E-state index is 15.3. The molecule has 4 aromatic carbocycles. The molecule has 0 bridgehead atoms. The number of carbonyl (C=O) groups is 1. The Kier molecular flexibility index (Phi) is 7.20. The van der Waals surface area contributed by atoms with E-state index in [9.17, 15) is 9.18 Å². The van der Waals surface area contributed by atoms with Crippen molar-refractivity contribution in [2.45, 2.75) is 50.9 Å². The van der Waals surface area contributed by atoms with Gasteiger partial charge >= 0.3 is 0 Å². The summed E-state index contributed by atoms with van der Waals surface area (Å²) in [6, 6.07) is 24.6. The average Bonchev–Trinajstić information content (AvgIpc) is 3.40. The van der Waals surface area contributed by atoms with Gasteiger partial charge in [-0.25, -0.2) is 13.2 Å². The first kappa shape index (κ1) is 26.3. The first-order valence-corrected chi connectivity index (χ1v) is 13.8. The van der Waals surface area contributed by atoms with Crippen molar-refractivity contribution in [3.05, 3.63) is 142 Å². The molecule has 40 heavy (non-hydrogen) atoms. The fraction of sp³-hybridized carbons (Fsp3) is 0.265. The zero-order valence-corrected chi connectivity index (χ0v) is 22.4. The van der Waals surface area contributed by atoms with Gasteiger partial charge < -0.3 is 4.90 Å². The van der Waals surface area contributed by atoms with Crippen LogP contribution in [0.4, 0.5) is 13.2 Å². The summed E-state index contributed by atoms with van der Waals surface area (Å²) in [7, 11) is 0. The van der Waals surface area contributed by atoms with Crippen LogP contribution < -0.4 is 0 Å². The van der Waals surface area contributed by atoms with E-state index in [1.54, 1.807) is 30.0 Å². The molecule has 0 N–H and O–H groups in total. The first-order valence-electron chi connectivity index (χ1n) is 13.8. The molecule has 1 amide bonds. The van der Waals surface area contributed by atoms with E-state index in [1.807, 2.05) is 41.3 Å². The molecule has 2 aliphatic rings. The minimum Gasteiger partial charge on any atom is -0.333 e. The molecule has 6 heteroatoms. The Bertz CT molecular complexity index is 1510. The van der Waals surface area contributed by atoms with Crippen molar-refractivity contribution in [3.63, 3.8) is 0 Å². The number of hydrogen-bond donors (Lipinski definition) is 0. The summed E-state index contributed by atoms with van der Waals surface area (Å²) in [5.41, 5.74) is 4.57. The summed E-state index contributed by atoms with van der Waals surface area (Å²) < 4.78 is 45.3.